The van der Waals surface area contributed by atoms with Crippen LogP contribution in [0.1, 0.15) is 251 Å². The van der Waals surface area contributed by atoms with Crippen LogP contribution in [0.2, 0.25) is 0 Å². The monoisotopic (exact) mass is 718 g/mol. The normalized spacial score (nSPS) is 13.1. The molecule has 0 aliphatic carbocycles. The first-order chi connectivity index (χ1) is 25.2. The summed E-state index contributed by atoms with van der Waals surface area (Å²) in [6.45, 7) is 4.26. The van der Waals surface area contributed by atoms with E-state index in [1.165, 1.54) is 199 Å². The lowest BCUT2D eigenvalue weighted by Gasteiger charge is -2.19. The van der Waals surface area contributed by atoms with E-state index in [9.17, 15) is 15.0 Å². The summed E-state index contributed by atoms with van der Waals surface area (Å²) in [6.07, 6.45) is 56.3. The van der Waals surface area contributed by atoms with Gasteiger partial charge in [0.15, 0.2) is 0 Å². The summed E-state index contributed by atoms with van der Waals surface area (Å²) < 4.78 is 0. The van der Waals surface area contributed by atoms with Crippen molar-refractivity contribution in [2.45, 2.75) is 264 Å². The summed E-state index contributed by atoms with van der Waals surface area (Å²) in [5, 5.41) is 22.8. The lowest BCUT2D eigenvalue weighted by molar-refractivity contribution is -0.123. The molecule has 0 saturated heterocycles. The third-order valence-corrected chi connectivity index (χ3v) is 10.7. The van der Waals surface area contributed by atoms with Crippen LogP contribution in [-0.4, -0.2) is 34.9 Å². The summed E-state index contributed by atoms with van der Waals surface area (Å²) in [4.78, 5) is 12.2. The van der Waals surface area contributed by atoms with Crippen molar-refractivity contribution in [1.82, 2.24) is 5.32 Å². The fraction of sp³-hybridized carbons (Fsp3) is 0.894. The smallest absolute Gasteiger partial charge is 0.220 e. The lowest BCUT2D eigenvalue weighted by Crippen LogP contribution is -2.45. The standard InChI is InChI=1S/C47H91NO3/c1-3-5-7-9-11-12-13-14-15-16-17-18-19-20-21-22-23-24-25-26-27-28-29-30-31-32-33-34-35-37-38-40-42-46(50)45(44-49)48-47(51)43-41-39-36-10-8-6-4-2/h34-35,40,42,45-46,49-50H,3-33,36-39,41,43-44H2,1-2H3,(H,48,51)/b35-34+,42-40+. The molecule has 0 spiro atoms. The number of rotatable bonds is 42. The molecular formula is C47H91NO3. The van der Waals surface area contributed by atoms with Crippen molar-refractivity contribution in [3.05, 3.63) is 24.3 Å². The molecule has 0 radical (unpaired) electrons. The van der Waals surface area contributed by atoms with Crippen LogP contribution < -0.4 is 5.32 Å². The van der Waals surface area contributed by atoms with Crippen LogP contribution in [-0.2, 0) is 4.79 Å². The molecule has 0 aromatic heterocycles. The maximum Gasteiger partial charge on any atom is 0.220 e. The van der Waals surface area contributed by atoms with Gasteiger partial charge in [-0.1, -0.05) is 237 Å². The lowest BCUT2D eigenvalue weighted by atomic mass is 10.0. The molecule has 0 bridgehead atoms. The third-order valence-electron chi connectivity index (χ3n) is 10.7. The van der Waals surface area contributed by atoms with Crippen LogP contribution >= 0.6 is 0 Å². The molecular weight excluding hydrogens is 627 g/mol. The van der Waals surface area contributed by atoms with Crippen molar-refractivity contribution >= 4 is 5.91 Å². The van der Waals surface area contributed by atoms with Crippen LogP contribution in [0.3, 0.4) is 0 Å². The van der Waals surface area contributed by atoms with Crippen molar-refractivity contribution in [3.63, 3.8) is 0 Å². The molecule has 0 fully saturated rings. The number of amides is 1. The summed E-state index contributed by atoms with van der Waals surface area (Å²) in [5.41, 5.74) is 0. The Balaban J connectivity index is 3.42. The summed E-state index contributed by atoms with van der Waals surface area (Å²) in [5.74, 6) is -0.0796. The number of allylic oxidation sites excluding steroid dienone is 3. The zero-order valence-electron chi connectivity index (χ0n) is 34.6. The second kappa shape index (κ2) is 43.3. The first kappa shape index (κ1) is 49.9. The van der Waals surface area contributed by atoms with Gasteiger partial charge in [-0.25, -0.2) is 0 Å². The molecule has 0 aromatic carbocycles. The zero-order chi connectivity index (χ0) is 37.1. The molecule has 4 nitrogen and oxygen atoms in total. The summed E-state index contributed by atoms with van der Waals surface area (Å²) >= 11 is 0. The maximum absolute atomic E-state index is 12.2. The van der Waals surface area contributed by atoms with E-state index in [-0.39, 0.29) is 12.5 Å². The number of hydrogen-bond donors (Lipinski definition) is 3. The highest BCUT2D eigenvalue weighted by Gasteiger charge is 2.17. The Morgan fingerprint density at radius 3 is 1.14 bits per heavy atom. The van der Waals surface area contributed by atoms with Crippen LogP contribution in [0.25, 0.3) is 0 Å². The minimum Gasteiger partial charge on any atom is -0.394 e. The van der Waals surface area contributed by atoms with Crippen LogP contribution in [0, 0.1) is 0 Å². The van der Waals surface area contributed by atoms with Crippen molar-refractivity contribution < 1.29 is 15.0 Å². The number of hydrogen-bond acceptors (Lipinski definition) is 3. The fourth-order valence-corrected chi connectivity index (χ4v) is 7.14. The predicted octanol–water partition coefficient (Wildman–Crippen LogP) is 14.4. The molecule has 0 saturated carbocycles. The molecule has 2 unspecified atom stereocenters. The van der Waals surface area contributed by atoms with Crippen molar-refractivity contribution in [2.75, 3.05) is 6.61 Å². The van der Waals surface area contributed by atoms with E-state index in [0.29, 0.717) is 6.42 Å². The Morgan fingerprint density at radius 2 is 0.765 bits per heavy atom. The minimum absolute atomic E-state index is 0.0796. The number of carbonyl (C=O) groups excluding carboxylic acids is 1. The topological polar surface area (TPSA) is 69.6 Å². The number of aliphatic hydroxyl groups excluding tert-OH is 2. The summed E-state index contributed by atoms with van der Waals surface area (Å²) in [6, 6.07) is -0.632. The average molecular weight is 718 g/mol. The maximum atomic E-state index is 12.2. The molecule has 3 N–H and O–H groups in total. The van der Waals surface area contributed by atoms with E-state index in [1.54, 1.807) is 6.08 Å². The third kappa shape index (κ3) is 39.9. The van der Waals surface area contributed by atoms with Crippen LogP contribution in [0.4, 0.5) is 0 Å². The molecule has 2 atom stereocenters. The molecule has 51 heavy (non-hydrogen) atoms. The SMILES string of the molecule is CCCCCCCCCCCCCCCCCCCCCCCCCCCC/C=C/CC/C=C/C(O)C(CO)NC(=O)CCCCCCCCC. The molecule has 0 aliphatic rings. The number of carbonyl (C=O) groups is 1. The van der Waals surface area contributed by atoms with Gasteiger partial charge >= 0.3 is 0 Å². The highest BCUT2D eigenvalue weighted by Crippen LogP contribution is 2.16. The van der Waals surface area contributed by atoms with E-state index in [2.05, 4.69) is 31.3 Å². The molecule has 0 aromatic rings. The Morgan fingerprint density at radius 1 is 0.451 bits per heavy atom. The first-order valence-corrected chi connectivity index (χ1v) is 23.1. The molecule has 0 heterocycles. The van der Waals surface area contributed by atoms with E-state index in [1.807, 2.05) is 6.08 Å². The van der Waals surface area contributed by atoms with Gasteiger partial charge in [-0.05, 0) is 32.1 Å². The van der Waals surface area contributed by atoms with Crippen molar-refractivity contribution in [2.24, 2.45) is 0 Å². The average Bonchev–Trinajstić information content (AvgIpc) is 3.13. The Hall–Kier alpha value is -1.13. The first-order valence-electron chi connectivity index (χ1n) is 23.1. The van der Waals surface area contributed by atoms with E-state index < -0.39 is 12.1 Å². The van der Waals surface area contributed by atoms with Gasteiger partial charge in [0.2, 0.25) is 5.91 Å². The van der Waals surface area contributed by atoms with E-state index in [0.717, 1.165) is 32.1 Å². The Kier molecular flexibility index (Phi) is 42.3. The highest BCUT2D eigenvalue weighted by atomic mass is 16.3. The molecule has 1 amide bonds. The second-order valence-electron chi connectivity index (χ2n) is 15.8. The summed E-state index contributed by atoms with van der Waals surface area (Å²) in [7, 11) is 0. The van der Waals surface area contributed by atoms with Gasteiger partial charge in [-0.2, -0.15) is 0 Å². The molecule has 302 valence electrons. The van der Waals surface area contributed by atoms with Gasteiger partial charge in [-0.15, -0.1) is 0 Å². The number of nitrogens with one attached hydrogen (secondary N) is 1. The quantitative estimate of drug-likeness (QED) is 0.0435. The van der Waals surface area contributed by atoms with Crippen molar-refractivity contribution in [1.29, 1.82) is 0 Å². The highest BCUT2D eigenvalue weighted by molar-refractivity contribution is 5.76. The van der Waals surface area contributed by atoms with Crippen molar-refractivity contribution in [3.8, 4) is 0 Å². The van der Waals surface area contributed by atoms with Gasteiger partial charge in [0.25, 0.3) is 0 Å². The number of aliphatic hydroxyl groups is 2. The second-order valence-corrected chi connectivity index (χ2v) is 15.8. The minimum atomic E-state index is -0.856. The number of unbranched alkanes of at least 4 members (excludes halogenated alkanes) is 33. The fourth-order valence-electron chi connectivity index (χ4n) is 7.14. The van der Waals surface area contributed by atoms with Gasteiger partial charge in [0.1, 0.15) is 0 Å². The van der Waals surface area contributed by atoms with E-state index >= 15 is 0 Å². The van der Waals surface area contributed by atoms with E-state index in [4.69, 9.17) is 0 Å². The molecule has 0 aliphatic heterocycles. The van der Waals surface area contributed by atoms with Gasteiger partial charge in [0, 0.05) is 6.42 Å². The zero-order valence-corrected chi connectivity index (χ0v) is 34.6. The largest absolute Gasteiger partial charge is 0.394 e. The van der Waals surface area contributed by atoms with Gasteiger partial charge in [0.05, 0.1) is 18.8 Å². The predicted molar refractivity (Wildman–Crippen MR) is 225 cm³/mol. The van der Waals surface area contributed by atoms with Gasteiger partial charge < -0.3 is 15.5 Å². The Bertz CT molecular complexity index is 735. The molecule has 4 heteroatoms. The molecule has 0 rings (SSSR count). The van der Waals surface area contributed by atoms with Gasteiger partial charge in [-0.3, -0.25) is 4.79 Å². The Labute approximate surface area is 319 Å². The van der Waals surface area contributed by atoms with Crippen LogP contribution in [0.15, 0.2) is 24.3 Å². The van der Waals surface area contributed by atoms with Crippen LogP contribution in [0.5, 0.6) is 0 Å².